The van der Waals surface area contributed by atoms with Crippen LogP contribution in [0.5, 0.6) is 5.75 Å². The van der Waals surface area contributed by atoms with Crippen LogP contribution in [0.3, 0.4) is 0 Å². The van der Waals surface area contributed by atoms with Crippen molar-refractivity contribution in [3.8, 4) is 5.75 Å². The van der Waals surface area contributed by atoms with E-state index in [4.69, 9.17) is 10.5 Å². The summed E-state index contributed by atoms with van der Waals surface area (Å²) in [6.07, 6.45) is 4.88. The second-order valence-corrected chi connectivity index (χ2v) is 5.83. The minimum Gasteiger partial charge on any atom is -0.494 e. The number of ether oxygens (including phenoxy) is 1. The van der Waals surface area contributed by atoms with E-state index in [1.807, 2.05) is 24.3 Å². The Morgan fingerprint density at radius 1 is 1.33 bits per heavy atom. The SMILES string of the molecule is CCCOc1ccc(CNC(=O)C2CCCC(N)C2)cc1. The van der Waals surface area contributed by atoms with Crippen molar-refractivity contribution < 1.29 is 9.53 Å². The Hall–Kier alpha value is -1.55. The average Bonchev–Trinajstić information content (AvgIpc) is 2.51. The van der Waals surface area contributed by atoms with Crippen molar-refractivity contribution in [3.05, 3.63) is 29.8 Å². The maximum Gasteiger partial charge on any atom is 0.223 e. The molecular formula is C17H26N2O2. The highest BCUT2D eigenvalue weighted by Gasteiger charge is 2.24. The monoisotopic (exact) mass is 290 g/mol. The van der Waals surface area contributed by atoms with Crippen LogP contribution in [0.2, 0.25) is 0 Å². The third kappa shape index (κ3) is 5.05. The van der Waals surface area contributed by atoms with Crippen LogP contribution < -0.4 is 15.8 Å². The molecule has 2 unspecified atom stereocenters. The molecule has 116 valence electrons. The molecule has 0 aliphatic heterocycles. The predicted octanol–water partition coefficient (Wildman–Crippen LogP) is 2.61. The summed E-state index contributed by atoms with van der Waals surface area (Å²) >= 11 is 0. The first kappa shape index (κ1) is 15.8. The van der Waals surface area contributed by atoms with E-state index in [0.717, 1.165) is 50.0 Å². The van der Waals surface area contributed by atoms with E-state index >= 15 is 0 Å². The quantitative estimate of drug-likeness (QED) is 0.846. The highest BCUT2D eigenvalue weighted by Crippen LogP contribution is 2.23. The summed E-state index contributed by atoms with van der Waals surface area (Å²) in [4.78, 5) is 12.1. The van der Waals surface area contributed by atoms with Crippen molar-refractivity contribution in [1.82, 2.24) is 5.32 Å². The molecule has 0 bridgehead atoms. The summed E-state index contributed by atoms with van der Waals surface area (Å²) in [5, 5.41) is 3.02. The van der Waals surface area contributed by atoms with Crippen LogP contribution in [0.1, 0.15) is 44.6 Å². The van der Waals surface area contributed by atoms with E-state index in [2.05, 4.69) is 12.2 Å². The van der Waals surface area contributed by atoms with Crippen LogP contribution in [0.25, 0.3) is 0 Å². The minimum absolute atomic E-state index is 0.0842. The van der Waals surface area contributed by atoms with Crippen LogP contribution in [-0.4, -0.2) is 18.6 Å². The van der Waals surface area contributed by atoms with Crippen molar-refractivity contribution in [2.45, 2.75) is 51.6 Å². The molecule has 2 atom stereocenters. The first-order valence-electron chi connectivity index (χ1n) is 7.94. The van der Waals surface area contributed by atoms with Gasteiger partial charge in [-0.1, -0.05) is 25.5 Å². The van der Waals surface area contributed by atoms with Gasteiger partial charge >= 0.3 is 0 Å². The summed E-state index contributed by atoms with van der Waals surface area (Å²) in [6, 6.07) is 8.08. The van der Waals surface area contributed by atoms with Gasteiger partial charge in [0.25, 0.3) is 0 Å². The highest BCUT2D eigenvalue weighted by molar-refractivity contribution is 5.78. The van der Waals surface area contributed by atoms with Gasteiger partial charge in [-0.15, -0.1) is 0 Å². The van der Waals surface area contributed by atoms with E-state index < -0.39 is 0 Å². The number of nitrogens with two attached hydrogens (primary N) is 1. The van der Waals surface area contributed by atoms with E-state index in [9.17, 15) is 4.79 Å². The van der Waals surface area contributed by atoms with Gasteiger partial charge in [-0.2, -0.15) is 0 Å². The number of amides is 1. The van der Waals surface area contributed by atoms with Gasteiger partial charge in [0.1, 0.15) is 5.75 Å². The lowest BCUT2D eigenvalue weighted by atomic mass is 9.85. The number of rotatable bonds is 6. The standard InChI is InChI=1S/C17H26N2O2/c1-2-10-21-16-8-6-13(7-9-16)12-19-17(20)14-4-3-5-15(18)11-14/h6-9,14-15H,2-5,10-12,18H2,1H3,(H,19,20). The van der Waals surface area contributed by atoms with Gasteiger partial charge < -0.3 is 15.8 Å². The van der Waals surface area contributed by atoms with Gasteiger partial charge in [0.05, 0.1) is 6.61 Å². The molecule has 1 fully saturated rings. The molecule has 4 heteroatoms. The molecule has 0 radical (unpaired) electrons. The molecule has 1 aliphatic rings. The molecule has 0 aromatic heterocycles. The molecule has 2 rings (SSSR count). The third-order valence-corrected chi connectivity index (χ3v) is 3.95. The Bertz CT molecular complexity index is 445. The molecule has 0 spiro atoms. The van der Waals surface area contributed by atoms with Crippen LogP contribution in [-0.2, 0) is 11.3 Å². The average molecular weight is 290 g/mol. The van der Waals surface area contributed by atoms with Gasteiger partial charge in [-0.3, -0.25) is 4.79 Å². The Morgan fingerprint density at radius 3 is 2.76 bits per heavy atom. The minimum atomic E-state index is 0.0842. The molecule has 1 amide bonds. The number of hydrogen-bond donors (Lipinski definition) is 2. The number of hydrogen-bond acceptors (Lipinski definition) is 3. The largest absolute Gasteiger partial charge is 0.494 e. The highest BCUT2D eigenvalue weighted by atomic mass is 16.5. The van der Waals surface area contributed by atoms with Crippen molar-refractivity contribution in [3.63, 3.8) is 0 Å². The van der Waals surface area contributed by atoms with E-state index in [1.54, 1.807) is 0 Å². The van der Waals surface area contributed by atoms with E-state index in [1.165, 1.54) is 0 Å². The molecular weight excluding hydrogens is 264 g/mol. The molecule has 1 saturated carbocycles. The number of carbonyl (C=O) groups is 1. The number of carbonyl (C=O) groups excluding carboxylic acids is 1. The van der Waals surface area contributed by atoms with Gasteiger partial charge in [-0.05, 0) is 43.4 Å². The molecule has 4 nitrogen and oxygen atoms in total. The molecule has 21 heavy (non-hydrogen) atoms. The normalized spacial score (nSPS) is 21.8. The Morgan fingerprint density at radius 2 is 2.10 bits per heavy atom. The maximum absolute atomic E-state index is 12.1. The summed E-state index contributed by atoms with van der Waals surface area (Å²) < 4.78 is 5.54. The third-order valence-electron chi connectivity index (χ3n) is 3.95. The van der Waals surface area contributed by atoms with E-state index in [-0.39, 0.29) is 17.9 Å². The summed E-state index contributed by atoms with van der Waals surface area (Å²) in [5.41, 5.74) is 7.02. The number of benzene rings is 1. The van der Waals surface area contributed by atoms with Crippen molar-refractivity contribution in [2.24, 2.45) is 11.7 Å². The fourth-order valence-electron chi connectivity index (χ4n) is 2.72. The van der Waals surface area contributed by atoms with Gasteiger partial charge in [0.15, 0.2) is 0 Å². The Kier molecular flexibility index (Phi) is 6.05. The lowest BCUT2D eigenvalue weighted by Crippen LogP contribution is -2.37. The van der Waals surface area contributed by atoms with Crippen LogP contribution in [0, 0.1) is 5.92 Å². The second-order valence-electron chi connectivity index (χ2n) is 5.83. The van der Waals surface area contributed by atoms with Gasteiger partial charge in [0.2, 0.25) is 5.91 Å². The molecule has 0 heterocycles. The van der Waals surface area contributed by atoms with Crippen molar-refractivity contribution in [2.75, 3.05) is 6.61 Å². The zero-order chi connectivity index (χ0) is 15.1. The van der Waals surface area contributed by atoms with Crippen LogP contribution in [0.4, 0.5) is 0 Å². The summed E-state index contributed by atoms with van der Waals surface area (Å²) in [5.74, 6) is 1.10. The van der Waals surface area contributed by atoms with E-state index in [0.29, 0.717) is 6.54 Å². The topological polar surface area (TPSA) is 64.3 Å². The first-order valence-corrected chi connectivity index (χ1v) is 7.94. The van der Waals surface area contributed by atoms with Gasteiger partial charge in [-0.25, -0.2) is 0 Å². The van der Waals surface area contributed by atoms with Crippen molar-refractivity contribution in [1.29, 1.82) is 0 Å². The number of nitrogens with one attached hydrogen (secondary N) is 1. The zero-order valence-electron chi connectivity index (χ0n) is 12.8. The summed E-state index contributed by atoms with van der Waals surface area (Å²) in [6.45, 7) is 3.39. The van der Waals surface area contributed by atoms with Crippen LogP contribution >= 0.6 is 0 Å². The van der Waals surface area contributed by atoms with Gasteiger partial charge in [0, 0.05) is 18.5 Å². The Labute approximate surface area is 127 Å². The first-order chi connectivity index (χ1) is 10.2. The molecule has 1 aliphatic carbocycles. The second kappa shape index (κ2) is 8.03. The molecule has 0 saturated heterocycles. The zero-order valence-corrected chi connectivity index (χ0v) is 12.8. The maximum atomic E-state index is 12.1. The van der Waals surface area contributed by atoms with Crippen molar-refractivity contribution >= 4 is 5.91 Å². The Balaban J connectivity index is 1.78. The smallest absolute Gasteiger partial charge is 0.223 e. The molecule has 3 N–H and O–H groups in total. The summed E-state index contributed by atoms with van der Waals surface area (Å²) in [7, 11) is 0. The fraction of sp³-hybridized carbons (Fsp3) is 0.588. The fourth-order valence-corrected chi connectivity index (χ4v) is 2.72. The van der Waals surface area contributed by atoms with Crippen LogP contribution in [0.15, 0.2) is 24.3 Å². The lowest BCUT2D eigenvalue weighted by molar-refractivity contribution is -0.126. The predicted molar refractivity (Wildman–Crippen MR) is 84.0 cm³/mol. The molecule has 1 aromatic rings. The lowest BCUT2D eigenvalue weighted by Gasteiger charge is -2.25. The molecule has 1 aromatic carbocycles.